The molecule has 3 N–H and O–H groups in total. The molecular formula is C13H17FN4O3. The number of carbonyl (C=O) groups excluding carboxylic acids is 1. The van der Waals surface area contributed by atoms with Crippen LogP contribution in [0.1, 0.15) is 10.4 Å². The first-order valence-corrected chi connectivity index (χ1v) is 6.49. The minimum absolute atomic E-state index is 0.0914. The number of aromatic carboxylic acids is 1. The summed E-state index contributed by atoms with van der Waals surface area (Å²) in [6, 6.07) is 2.64. The number of piperazine rings is 1. The quantitative estimate of drug-likeness (QED) is 0.768. The number of nitrogens with zero attached hydrogens (tertiary/aromatic N) is 2. The molecular weight excluding hydrogens is 279 g/mol. The Hall–Kier alpha value is -2.19. The Bertz CT molecular complexity index is 544. The number of nitrogens with one attached hydrogen (secondary N) is 2. The molecule has 0 radical (unpaired) electrons. The maximum Gasteiger partial charge on any atom is 0.335 e. The highest BCUT2D eigenvalue weighted by Gasteiger charge is 2.17. The van der Waals surface area contributed by atoms with Gasteiger partial charge in [-0.25, -0.2) is 19.0 Å². The Morgan fingerprint density at radius 2 is 1.90 bits per heavy atom. The summed E-state index contributed by atoms with van der Waals surface area (Å²) in [6.45, 7) is 2.98. The van der Waals surface area contributed by atoms with Crippen LogP contribution in [0.25, 0.3) is 0 Å². The molecule has 0 unspecified atom stereocenters. The zero-order valence-electron chi connectivity index (χ0n) is 11.6. The number of rotatable bonds is 3. The third-order valence-corrected chi connectivity index (χ3v) is 3.22. The fourth-order valence-electron chi connectivity index (χ4n) is 1.97. The lowest BCUT2D eigenvalue weighted by molar-refractivity contribution is 0.0697. The number of halogens is 1. The summed E-state index contributed by atoms with van der Waals surface area (Å²) < 4.78 is 13.6. The van der Waals surface area contributed by atoms with Crippen LogP contribution in [-0.4, -0.2) is 60.2 Å². The number of likely N-dealkylation sites (N-methyl/N-ethyl adjacent to an activating group) is 1. The summed E-state index contributed by atoms with van der Waals surface area (Å²) in [5.41, 5.74) is 2.35. The van der Waals surface area contributed by atoms with Crippen molar-refractivity contribution >= 4 is 17.7 Å². The van der Waals surface area contributed by atoms with E-state index >= 15 is 0 Å². The van der Waals surface area contributed by atoms with Crippen LogP contribution < -0.4 is 10.7 Å². The lowest BCUT2D eigenvalue weighted by atomic mass is 10.2. The van der Waals surface area contributed by atoms with Gasteiger partial charge >= 0.3 is 12.0 Å². The molecule has 7 nitrogen and oxygen atoms in total. The summed E-state index contributed by atoms with van der Waals surface area (Å²) in [7, 11) is 1.99. The van der Waals surface area contributed by atoms with Crippen molar-refractivity contribution in [2.45, 2.75) is 0 Å². The van der Waals surface area contributed by atoms with Gasteiger partial charge in [0.2, 0.25) is 0 Å². The molecule has 1 saturated heterocycles. The summed E-state index contributed by atoms with van der Waals surface area (Å²) in [4.78, 5) is 24.8. The molecule has 1 aliphatic heterocycles. The van der Waals surface area contributed by atoms with E-state index in [4.69, 9.17) is 5.11 Å². The van der Waals surface area contributed by atoms with Gasteiger partial charge in [-0.2, -0.15) is 0 Å². The number of amides is 2. The molecule has 2 rings (SSSR count). The standard InChI is InChI=1S/C13H17FN4O3/c1-17-4-6-18(7-5-17)16-13(21)15-11-8-9(12(19)20)2-3-10(11)14/h2-3,8H,4-7H2,1H3,(H,19,20)(H2,15,16,21). The van der Waals surface area contributed by atoms with E-state index in [0.29, 0.717) is 13.1 Å². The number of hydrazine groups is 1. The van der Waals surface area contributed by atoms with Crippen molar-refractivity contribution in [3.63, 3.8) is 0 Å². The van der Waals surface area contributed by atoms with Crippen molar-refractivity contribution in [2.24, 2.45) is 0 Å². The first-order valence-electron chi connectivity index (χ1n) is 6.49. The monoisotopic (exact) mass is 296 g/mol. The van der Waals surface area contributed by atoms with E-state index in [9.17, 15) is 14.0 Å². The van der Waals surface area contributed by atoms with Crippen molar-refractivity contribution in [2.75, 3.05) is 38.5 Å². The predicted octanol–water partition coefficient (Wildman–Crippen LogP) is 0.808. The smallest absolute Gasteiger partial charge is 0.335 e. The van der Waals surface area contributed by atoms with Crippen LogP contribution in [0.4, 0.5) is 14.9 Å². The van der Waals surface area contributed by atoms with Gasteiger partial charge in [-0.15, -0.1) is 0 Å². The Labute approximate surface area is 121 Å². The Morgan fingerprint density at radius 1 is 1.24 bits per heavy atom. The molecule has 8 heteroatoms. The zero-order chi connectivity index (χ0) is 15.4. The molecule has 114 valence electrons. The second kappa shape index (κ2) is 6.51. The number of benzene rings is 1. The van der Waals surface area contributed by atoms with Gasteiger partial charge in [0.05, 0.1) is 11.3 Å². The van der Waals surface area contributed by atoms with E-state index in [-0.39, 0.29) is 11.3 Å². The van der Waals surface area contributed by atoms with E-state index < -0.39 is 17.8 Å². The number of carboxylic acids is 1. The molecule has 21 heavy (non-hydrogen) atoms. The van der Waals surface area contributed by atoms with Crippen LogP contribution in [-0.2, 0) is 0 Å². The molecule has 0 saturated carbocycles. The van der Waals surface area contributed by atoms with Crippen molar-refractivity contribution < 1.29 is 19.1 Å². The molecule has 0 aromatic heterocycles. The van der Waals surface area contributed by atoms with Gasteiger partial charge < -0.3 is 15.3 Å². The van der Waals surface area contributed by atoms with Gasteiger partial charge in [-0.05, 0) is 25.2 Å². The number of carboxylic acid groups (broad SMARTS) is 1. The molecule has 1 aromatic carbocycles. The third-order valence-electron chi connectivity index (χ3n) is 3.22. The summed E-state index contributed by atoms with van der Waals surface area (Å²) in [6.07, 6.45) is 0. The van der Waals surface area contributed by atoms with Crippen molar-refractivity contribution in [3.8, 4) is 0 Å². The minimum atomic E-state index is -1.18. The van der Waals surface area contributed by atoms with Crippen LogP contribution >= 0.6 is 0 Å². The largest absolute Gasteiger partial charge is 0.478 e. The van der Waals surface area contributed by atoms with E-state index in [2.05, 4.69) is 15.6 Å². The summed E-state index contributed by atoms with van der Waals surface area (Å²) in [5, 5.41) is 12.9. The SMILES string of the molecule is CN1CCN(NC(=O)Nc2cc(C(=O)O)ccc2F)CC1. The van der Waals surface area contributed by atoms with E-state index in [1.807, 2.05) is 7.05 Å². The molecule has 1 heterocycles. The normalized spacial score (nSPS) is 16.5. The van der Waals surface area contributed by atoms with Crippen LogP contribution in [0.3, 0.4) is 0 Å². The fourth-order valence-corrected chi connectivity index (χ4v) is 1.97. The van der Waals surface area contributed by atoms with Crippen molar-refractivity contribution in [3.05, 3.63) is 29.6 Å². The summed E-state index contributed by atoms with van der Waals surface area (Å²) >= 11 is 0. The number of hydrogen-bond acceptors (Lipinski definition) is 4. The molecule has 0 atom stereocenters. The van der Waals surface area contributed by atoms with Crippen LogP contribution in [0.15, 0.2) is 18.2 Å². The average molecular weight is 296 g/mol. The second-order valence-corrected chi connectivity index (χ2v) is 4.86. The molecule has 0 spiro atoms. The molecule has 1 aliphatic rings. The van der Waals surface area contributed by atoms with Gasteiger partial charge in [0.1, 0.15) is 5.82 Å². The fraction of sp³-hybridized carbons (Fsp3) is 0.385. The maximum atomic E-state index is 13.6. The first kappa shape index (κ1) is 15.2. The number of anilines is 1. The van der Waals surface area contributed by atoms with E-state index in [0.717, 1.165) is 31.3 Å². The predicted molar refractivity (Wildman–Crippen MR) is 74.6 cm³/mol. The van der Waals surface area contributed by atoms with Crippen LogP contribution in [0, 0.1) is 5.82 Å². The minimum Gasteiger partial charge on any atom is -0.478 e. The Kier molecular flexibility index (Phi) is 4.71. The summed E-state index contributed by atoms with van der Waals surface area (Å²) in [5.74, 6) is -1.87. The molecule has 2 amide bonds. The highest BCUT2D eigenvalue weighted by atomic mass is 19.1. The lowest BCUT2D eigenvalue weighted by Gasteiger charge is -2.32. The third kappa shape index (κ3) is 4.14. The average Bonchev–Trinajstić information content (AvgIpc) is 2.43. The molecule has 0 bridgehead atoms. The topological polar surface area (TPSA) is 84.9 Å². The first-order chi connectivity index (χ1) is 9.95. The Balaban J connectivity index is 1.96. The van der Waals surface area contributed by atoms with Crippen LogP contribution in [0.2, 0.25) is 0 Å². The van der Waals surface area contributed by atoms with Crippen molar-refractivity contribution in [1.82, 2.24) is 15.3 Å². The van der Waals surface area contributed by atoms with Gasteiger partial charge in [-0.1, -0.05) is 0 Å². The van der Waals surface area contributed by atoms with Gasteiger partial charge in [0, 0.05) is 26.2 Å². The highest BCUT2D eigenvalue weighted by Crippen LogP contribution is 2.16. The maximum absolute atomic E-state index is 13.6. The number of carbonyl (C=O) groups is 2. The number of hydrogen-bond donors (Lipinski definition) is 3. The van der Waals surface area contributed by atoms with Gasteiger partial charge in [0.25, 0.3) is 0 Å². The van der Waals surface area contributed by atoms with E-state index in [1.165, 1.54) is 0 Å². The highest BCUT2D eigenvalue weighted by molar-refractivity contribution is 5.93. The Morgan fingerprint density at radius 3 is 2.52 bits per heavy atom. The molecule has 1 fully saturated rings. The van der Waals surface area contributed by atoms with Crippen LogP contribution in [0.5, 0.6) is 0 Å². The molecule has 1 aromatic rings. The van der Waals surface area contributed by atoms with Gasteiger partial charge in [-0.3, -0.25) is 5.43 Å². The second-order valence-electron chi connectivity index (χ2n) is 4.86. The lowest BCUT2D eigenvalue weighted by Crippen LogP contribution is -2.53. The van der Waals surface area contributed by atoms with Gasteiger partial charge in [0.15, 0.2) is 0 Å². The number of urea groups is 1. The zero-order valence-corrected chi connectivity index (χ0v) is 11.6. The molecule has 0 aliphatic carbocycles. The van der Waals surface area contributed by atoms with Crippen molar-refractivity contribution in [1.29, 1.82) is 0 Å². The van der Waals surface area contributed by atoms with E-state index in [1.54, 1.807) is 5.01 Å².